The van der Waals surface area contributed by atoms with E-state index in [0.29, 0.717) is 6.54 Å². The van der Waals surface area contributed by atoms with Crippen molar-refractivity contribution in [2.24, 2.45) is 0 Å². The topological polar surface area (TPSA) is 52.6 Å². The lowest BCUT2D eigenvalue weighted by Crippen LogP contribution is -2.41. The number of hydrogen-bond acceptors (Lipinski definition) is 2. The number of aliphatic hydroxyl groups is 1. The van der Waals surface area contributed by atoms with E-state index in [1.165, 1.54) is 16.0 Å². The Hall–Kier alpha value is -1.07. The molecule has 0 aliphatic heterocycles. The minimum Gasteiger partial charge on any atom is -0.392 e. The molecule has 0 heterocycles. The Kier molecular flexibility index (Phi) is 4.47. The van der Waals surface area contributed by atoms with Crippen LogP contribution in [-0.2, 0) is 6.42 Å². The molecule has 1 aromatic carbocycles. The molecule has 2 unspecified atom stereocenters. The molecule has 0 spiro atoms. The first-order chi connectivity index (χ1) is 8.97. The van der Waals surface area contributed by atoms with E-state index in [0.717, 1.165) is 17.3 Å². The van der Waals surface area contributed by atoms with Gasteiger partial charge in [-0.2, -0.15) is 0 Å². The second-order valence-electron chi connectivity index (χ2n) is 5.11. The van der Waals surface area contributed by atoms with Crippen LogP contribution < -0.4 is 5.32 Å². The number of amides is 2. The first kappa shape index (κ1) is 14.3. The van der Waals surface area contributed by atoms with Crippen molar-refractivity contribution in [2.45, 2.75) is 31.9 Å². The van der Waals surface area contributed by atoms with Crippen LogP contribution in [0.3, 0.4) is 0 Å². The first-order valence-corrected chi connectivity index (χ1v) is 7.24. The molecule has 1 aromatic rings. The highest BCUT2D eigenvalue weighted by Gasteiger charge is 2.25. The minimum atomic E-state index is -0.512. The van der Waals surface area contributed by atoms with E-state index in [4.69, 9.17) is 0 Å². The molecule has 1 aliphatic carbocycles. The van der Waals surface area contributed by atoms with E-state index >= 15 is 0 Å². The summed E-state index contributed by atoms with van der Waals surface area (Å²) in [5.74, 6) is 0. The largest absolute Gasteiger partial charge is 0.392 e. The van der Waals surface area contributed by atoms with Crippen molar-refractivity contribution < 1.29 is 9.90 Å². The van der Waals surface area contributed by atoms with Crippen LogP contribution >= 0.6 is 15.9 Å². The highest BCUT2D eigenvalue weighted by molar-refractivity contribution is 9.10. The Bertz CT molecular complexity index is 477. The SMILES string of the molecule is CC(O)CN(C)C(=O)NC1CCc2cc(Br)ccc21. The number of urea groups is 1. The minimum absolute atomic E-state index is 0.0760. The Balaban J connectivity index is 2.01. The van der Waals surface area contributed by atoms with Gasteiger partial charge in [0.25, 0.3) is 0 Å². The second kappa shape index (κ2) is 5.92. The number of fused-ring (bicyclic) bond motifs is 1. The van der Waals surface area contributed by atoms with Crippen molar-refractivity contribution in [3.8, 4) is 0 Å². The molecule has 0 radical (unpaired) electrons. The maximum Gasteiger partial charge on any atom is 0.317 e. The van der Waals surface area contributed by atoms with E-state index in [1.54, 1.807) is 14.0 Å². The van der Waals surface area contributed by atoms with Crippen molar-refractivity contribution in [3.63, 3.8) is 0 Å². The van der Waals surface area contributed by atoms with Gasteiger partial charge in [-0.25, -0.2) is 4.79 Å². The molecule has 1 aliphatic rings. The van der Waals surface area contributed by atoms with Crippen LogP contribution in [0.15, 0.2) is 22.7 Å². The molecular formula is C14H19BrN2O2. The molecule has 0 saturated heterocycles. The van der Waals surface area contributed by atoms with Gasteiger partial charge in [0.2, 0.25) is 0 Å². The van der Waals surface area contributed by atoms with Crippen LogP contribution in [0.5, 0.6) is 0 Å². The van der Waals surface area contributed by atoms with Crippen molar-refractivity contribution >= 4 is 22.0 Å². The molecular weight excluding hydrogens is 308 g/mol. The third kappa shape index (κ3) is 3.48. The third-order valence-corrected chi connectivity index (χ3v) is 3.86. The molecule has 4 nitrogen and oxygen atoms in total. The molecule has 2 rings (SSSR count). The lowest BCUT2D eigenvalue weighted by Gasteiger charge is -2.22. The number of nitrogens with one attached hydrogen (secondary N) is 1. The number of likely N-dealkylation sites (N-methyl/N-ethyl adjacent to an activating group) is 1. The summed E-state index contributed by atoms with van der Waals surface area (Å²) < 4.78 is 1.07. The standard InChI is InChI=1S/C14H19BrN2O2/c1-9(18)8-17(2)14(19)16-13-6-3-10-7-11(15)4-5-12(10)13/h4-5,7,9,13,18H,3,6,8H2,1-2H3,(H,16,19). The second-order valence-corrected chi connectivity index (χ2v) is 6.03. The maximum atomic E-state index is 12.0. The van der Waals surface area contributed by atoms with Gasteiger partial charge in [0, 0.05) is 18.1 Å². The van der Waals surface area contributed by atoms with Gasteiger partial charge < -0.3 is 15.3 Å². The molecule has 0 saturated carbocycles. The van der Waals surface area contributed by atoms with E-state index < -0.39 is 6.10 Å². The third-order valence-electron chi connectivity index (χ3n) is 3.37. The van der Waals surface area contributed by atoms with Crippen molar-refractivity contribution in [1.82, 2.24) is 10.2 Å². The highest BCUT2D eigenvalue weighted by Crippen LogP contribution is 2.32. The molecule has 5 heteroatoms. The fraction of sp³-hybridized carbons (Fsp3) is 0.500. The predicted molar refractivity (Wildman–Crippen MR) is 78.0 cm³/mol. The zero-order valence-electron chi connectivity index (χ0n) is 11.2. The fourth-order valence-corrected chi connectivity index (χ4v) is 2.88. The van der Waals surface area contributed by atoms with Gasteiger partial charge in [-0.15, -0.1) is 0 Å². The summed E-state index contributed by atoms with van der Waals surface area (Å²) in [5.41, 5.74) is 2.49. The van der Waals surface area contributed by atoms with Crippen molar-refractivity contribution in [3.05, 3.63) is 33.8 Å². The first-order valence-electron chi connectivity index (χ1n) is 6.45. The van der Waals surface area contributed by atoms with Gasteiger partial charge >= 0.3 is 6.03 Å². The molecule has 0 aromatic heterocycles. The molecule has 2 N–H and O–H groups in total. The number of rotatable bonds is 3. The lowest BCUT2D eigenvalue weighted by molar-refractivity contribution is 0.142. The summed E-state index contributed by atoms with van der Waals surface area (Å²) in [6, 6.07) is 6.12. The van der Waals surface area contributed by atoms with Gasteiger partial charge in [-0.05, 0) is 43.0 Å². The zero-order valence-corrected chi connectivity index (χ0v) is 12.8. The molecule has 104 valence electrons. The van der Waals surface area contributed by atoms with Crippen LogP contribution in [-0.4, -0.2) is 35.7 Å². The number of hydrogen-bond donors (Lipinski definition) is 2. The van der Waals surface area contributed by atoms with Gasteiger partial charge in [0.05, 0.1) is 12.1 Å². The Morgan fingerprint density at radius 1 is 1.63 bits per heavy atom. The number of carbonyl (C=O) groups is 1. The quantitative estimate of drug-likeness (QED) is 0.896. The monoisotopic (exact) mass is 326 g/mol. The lowest BCUT2D eigenvalue weighted by atomic mass is 10.1. The summed E-state index contributed by atoms with van der Waals surface area (Å²) in [7, 11) is 1.69. The number of carbonyl (C=O) groups excluding carboxylic acids is 1. The smallest absolute Gasteiger partial charge is 0.317 e. The summed E-state index contributed by atoms with van der Waals surface area (Å²) >= 11 is 3.46. The molecule has 19 heavy (non-hydrogen) atoms. The van der Waals surface area contributed by atoms with E-state index in [-0.39, 0.29) is 12.1 Å². The normalized spacial score (nSPS) is 18.8. The molecule has 0 bridgehead atoms. The van der Waals surface area contributed by atoms with Crippen LogP contribution in [0, 0.1) is 0 Å². The Labute approximate surface area is 121 Å². The summed E-state index contributed by atoms with van der Waals surface area (Å²) in [4.78, 5) is 13.5. The number of aryl methyl sites for hydroxylation is 1. The summed E-state index contributed by atoms with van der Waals surface area (Å²) in [6.45, 7) is 2.01. The molecule has 0 fully saturated rings. The highest BCUT2D eigenvalue weighted by atomic mass is 79.9. The average molecular weight is 327 g/mol. The number of aliphatic hydroxyl groups excluding tert-OH is 1. The Morgan fingerprint density at radius 2 is 2.37 bits per heavy atom. The molecule has 2 amide bonds. The number of benzene rings is 1. The average Bonchev–Trinajstić information content (AvgIpc) is 2.70. The van der Waals surface area contributed by atoms with Crippen LogP contribution in [0.1, 0.15) is 30.5 Å². The fourth-order valence-electron chi connectivity index (χ4n) is 2.47. The van der Waals surface area contributed by atoms with Gasteiger partial charge in [-0.3, -0.25) is 0 Å². The van der Waals surface area contributed by atoms with Gasteiger partial charge in [-0.1, -0.05) is 22.0 Å². The number of nitrogens with zero attached hydrogens (tertiary/aromatic N) is 1. The molecule has 2 atom stereocenters. The van der Waals surface area contributed by atoms with E-state index in [2.05, 4.69) is 33.4 Å². The van der Waals surface area contributed by atoms with Crippen LogP contribution in [0.2, 0.25) is 0 Å². The summed E-state index contributed by atoms with van der Waals surface area (Å²) in [5, 5.41) is 12.3. The van der Waals surface area contributed by atoms with E-state index in [1.807, 2.05) is 6.07 Å². The van der Waals surface area contributed by atoms with Crippen LogP contribution in [0.25, 0.3) is 0 Å². The van der Waals surface area contributed by atoms with Gasteiger partial charge in [0.1, 0.15) is 0 Å². The summed E-state index contributed by atoms with van der Waals surface area (Å²) in [6.07, 6.45) is 1.41. The zero-order chi connectivity index (χ0) is 14.0. The Morgan fingerprint density at radius 3 is 3.05 bits per heavy atom. The van der Waals surface area contributed by atoms with Crippen LogP contribution in [0.4, 0.5) is 4.79 Å². The van der Waals surface area contributed by atoms with Gasteiger partial charge in [0.15, 0.2) is 0 Å². The predicted octanol–water partition coefficient (Wildman–Crippen LogP) is 2.46. The van der Waals surface area contributed by atoms with E-state index in [9.17, 15) is 9.90 Å². The number of halogens is 1. The van der Waals surface area contributed by atoms with Crippen molar-refractivity contribution in [2.75, 3.05) is 13.6 Å². The maximum absolute atomic E-state index is 12.0. The van der Waals surface area contributed by atoms with Crippen molar-refractivity contribution in [1.29, 1.82) is 0 Å².